The van der Waals surface area contributed by atoms with Crippen LogP contribution in [0.5, 0.6) is 11.5 Å². The molecule has 100 valence electrons. The molecule has 0 aliphatic rings. The number of nitrogen functional groups attached to an aromatic ring is 1. The zero-order valence-electron chi connectivity index (χ0n) is 10.1. The average Bonchev–Trinajstić information content (AvgIpc) is 2.37. The number of nitrogens with two attached hydrogens (primary N) is 1. The van der Waals surface area contributed by atoms with Crippen molar-refractivity contribution in [2.24, 2.45) is 0 Å². The van der Waals surface area contributed by atoms with Crippen LogP contribution in [0.25, 0.3) is 0 Å². The second kappa shape index (κ2) is 6.82. The van der Waals surface area contributed by atoms with Gasteiger partial charge in [-0.05, 0) is 46.3 Å². The third-order valence-corrected chi connectivity index (χ3v) is 3.47. The first-order valence-electron chi connectivity index (χ1n) is 5.71. The van der Waals surface area contributed by atoms with Crippen molar-refractivity contribution in [3.05, 3.63) is 51.4 Å². The van der Waals surface area contributed by atoms with Crippen molar-refractivity contribution in [1.82, 2.24) is 0 Å². The standard InChI is InChI=1S/C14H13Br2NO2/c15-10-4-5-14(13(16)8-10)19-7-6-18-12-3-1-2-11(17)9-12/h1-5,8-9H,6-7,17H2. The quantitative estimate of drug-likeness (QED) is 0.617. The van der Waals surface area contributed by atoms with E-state index in [4.69, 9.17) is 15.2 Å². The number of hydrogen-bond donors (Lipinski definition) is 1. The van der Waals surface area contributed by atoms with Gasteiger partial charge in [0, 0.05) is 16.2 Å². The molecule has 0 amide bonds. The molecule has 0 radical (unpaired) electrons. The first-order valence-corrected chi connectivity index (χ1v) is 7.30. The van der Waals surface area contributed by atoms with Gasteiger partial charge >= 0.3 is 0 Å². The Kier molecular flexibility index (Phi) is 5.10. The van der Waals surface area contributed by atoms with Crippen molar-refractivity contribution in [1.29, 1.82) is 0 Å². The zero-order chi connectivity index (χ0) is 13.7. The molecule has 2 aromatic rings. The van der Waals surface area contributed by atoms with Crippen LogP contribution < -0.4 is 15.2 Å². The molecule has 0 saturated carbocycles. The van der Waals surface area contributed by atoms with Crippen LogP contribution in [-0.4, -0.2) is 13.2 Å². The molecular formula is C14H13Br2NO2. The Morgan fingerprint density at radius 1 is 0.947 bits per heavy atom. The monoisotopic (exact) mass is 385 g/mol. The van der Waals surface area contributed by atoms with Crippen molar-refractivity contribution < 1.29 is 9.47 Å². The van der Waals surface area contributed by atoms with Gasteiger partial charge in [-0.25, -0.2) is 0 Å². The van der Waals surface area contributed by atoms with Gasteiger partial charge in [0.2, 0.25) is 0 Å². The van der Waals surface area contributed by atoms with E-state index >= 15 is 0 Å². The lowest BCUT2D eigenvalue weighted by atomic mass is 10.3. The summed E-state index contributed by atoms with van der Waals surface area (Å²) in [5, 5.41) is 0. The molecule has 0 atom stereocenters. The maximum Gasteiger partial charge on any atom is 0.133 e. The summed E-state index contributed by atoms with van der Waals surface area (Å²) in [6, 6.07) is 13.1. The number of benzene rings is 2. The Morgan fingerprint density at radius 3 is 2.47 bits per heavy atom. The van der Waals surface area contributed by atoms with E-state index in [9.17, 15) is 0 Å². The predicted molar refractivity (Wildman–Crippen MR) is 83.7 cm³/mol. The summed E-state index contributed by atoms with van der Waals surface area (Å²) < 4.78 is 13.1. The summed E-state index contributed by atoms with van der Waals surface area (Å²) in [6.07, 6.45) is 0. The van der Waals surface area contributed by atoms with Crippen LogP contribution in [0, 0.1) is 0 Å². The van der Waals surface area contributed by atoms with Gasteiger partial charge in [0.15, 0.2) is 0 Å². The first-order chi connectivity index (χ1) is 9.15. The molecule has 3 nitrogen and oxygen atoms in total. The van der Waals surface area contributed by atoms with Gasteiger partial charge in [-0.3, -0.25) is 0 Å². The number of rotatable bonds is 5. The molecule has 2 N–H and O–H groups in total. The van der Waals surface area contributed by atoms with Crippen molar-refractivity contribution in [3.63, 3.8) is 0 Å². The predicted octanol–water partition coefficient (Wildman–Crippen LogP) is 4.25. The fraction of sp³-hybridized carbons (Fsp3) is 0.143. The second-order valence-corrected chi connectivity index (χ2v) is 5.61. The average molecular weight is 387 g/mol. The molecule has 5 heteroatoms. The number of halogens is 2. The summed E-state index contributed by atoms with van der Waals surface area (Å²) in [7, 11) is 0. The van der Waals surface area contributed by atoms with E-state index in [0.29, 0.717) is 18.9 Å². The van der Waals surface area contributed by atoms with E-state index in [1.165, 1.54) is 0 Å². The normalized spacial score (nSPS) is 10.2. The van der Waals surface area contributed by atoms with Gasteiger partial charge in [0.05, 0.1) is 4.47 Å². The molecule has 0 saturated heterocycles. The first kappa shape index (κ1) is 14.2. The molecule has 0 fully saturated rings. The third-order valence-electron chi connectivity index (χ3n) is 2.36. The van der Waals surface area contributed by atoms with Crippen LogP contribution in [-0.2, 0) is 0 Å². The highest BCUT2D eigenvalue weighted by Gasteiger charge is 2.01. The number of anilines is 1. The van der Waals surface area contributed by atoms with E-state index in [-0.39, 0.29) is 0 Å². The van der Waals surface area contributed by atoms with Crippen LogP contribution in [0.3, 0.4) is 0 Å². The Labute approximate surface area is 129 Å². The molecule has 0 unspecified atom stereocenters. The Bertz CT molecular complexity index is 561. The molecule has 0 aliphatic heterocycles. The third kappa shape index (κ3) is 4.44. The fourth-order valence-corrected chi connectivity index (χ4v) is 2.67. The second-order valence-electron chi connectivity index (χ2n) is 3.84. The Hall–Kier alpha value is -1.20. The van der Waals surface area contributed by atoms with Crippen LogP contribution in [0.15, 0.2) is 51.4 Å². The van der Waals surface area contributed by atoms with Gasteiger partial charge in [-0.15, -0.1) is 0 Å². The van der Waals surface area contributed by atoms with Crippen LogP contribution >= 0.6 is 31.9 Å². The summed E-state index contributed by atoms with van der Waals surface area (Å²) >= 11 is 6.83. The number of ether oxygens (including phenoxy) is 2. The van der Waals surface area contributed by atoms with Crippen molar-refractivity contribution in [2.75, 3.05) is 18.9 Å². The van der Waals surface area contributed by atoms with Crippen molar-refractivity contribution >= 4 is 37.5 Å². The molecule has 19 heavy (non-hydrogen) atoms. The highest BCUT2D eigenvalue weighted by atomic mass is 79.9. The van der Waals surface area contributed by atoms with E-state index in [2.05, 4.69) is 31.9 Å². The van der Waals surface area contributed by atoms with Crippen molar-refractivity contribution in [2.45, 2.75) is 0 Å². The largest absolute Gasteiger partial charge is 0.490 e. The zero-order valence-corrected chi connectivity index (χ0v) is 13.3. The molecule has 0 spiro atoms. The highest BCUT2D eigenvalue weighted by Crippen LogP contribution is 2.28. The van der Waals surface area contributed by atoms with Crippen molar-refractivity contribution in [3.8, 4) is 11.5 Å². The SMILES string of the molecule is Nc1cccc(OCCOc2ccc(Br)cc2Br)c1. The Balaban J connectivity index is 1.81. The minimum atomic E-state index is 0.464. The van der Waals surface area contributed by atoms with Crippen LogP contribution in [0.4, 0.5) is 5.69 Å². The topological polar surface area (TPSA) is 44.5 Å². The fourth-order valence-electron chi connectivity index (χ4n) is 1.51. The van der Waals surface area contributed by atoms with Gasteiger partial charge in [0.1, 0.15) is 24.7 Å². The van der Waals surface area contributed by atoms with Gasteiger partial charge in [-0.2, -0.15) is 0 Å². The lowest BCUT2D eigenvalue weighted by molar-refractivity contribution is 0.216. The smallest absolute Gasteiger partial charge is 0.133 e. The minimum Gasteiger partial charge on any atom is -0.490 e. The lowest BCUT2D eigenvalue weighted by Crippen LogP contribution is -2.09. The van der Waals surface area contributed by atoms with E-state index in [0.717, 1.165) is 20.4 Å². The molecule has 0 aromatic heterocycles. The molecule has 0 heterocycles. The van der Waals surface area contributed by atoms with E-state index in [1.54, 1.807) is 6.07 Å². The molecule has 2 rings (SSSR count). The van der Waals surface area contributed by atoms with Crippen LogP contribution in [0.2, 0.25) is 0 Å². The van der Waals surface area contributed by atoms with Gasteiger partial charge in [-0.1, -0.05) is 22.0 Å². The van der Waals surface area contributed by atoms with Crippen LogP contribution in [0.1, 0.15) is 0 Å². The molecule has 0 aliphatic carbocycles. The highest BCUT2D eigenvalue weighted by molar-refractivity contribution is 9.11. The van der Waals surface area contributed by atoms with Gasteiger partial charge in [0.25, 0.3) is 0 Å². The molecule has 0 bridgehead atoms. The van der Waals surface area contributed by atoms with E-state index < -0.39 is 0 Å². The molecule has 2 aromatic carbocycles. The number of hydrogen-bond acceptors (Lipinski definition) is 3. The summed E-state index contributed by atoms with van der Waals surface area (Å²) in [5.41, 5.74) is 6.35. The maximum atomic E-state index is 5.67. The maximum absolute atomic E-state index is 5.67. The summed E-state index contributed by atoms with van der Waals surface area (Å²) in [6.45, 7) is 0.932. The van der Waals surface area contributed by atoms with Gasteiger partial charge < -0.3 is 15.2 Å². The summed E-state index contributed by atoms with van der Waals surface area (Å²) in [5.74, 6) is 1.54. The molecular weight excluding hydrogens is 374 g/mol. The minimum absolute atomic E-state index is 0.464. The lowest BCUT2D eigenvalue weighted by Gasteiger charge is -2.10. The van der Waals surface area contributed by atoms with E-state index in [1.807, 2.05) is 36.4 Å². The summed E-state index contributed by atoms with van der Waals surface area (Å²) in [4.78, 5) is 0. The Morgan fingerprint density at radius 2 is 1.74 bits per heavy atom.